The maximum absolute atomic E-state index is 11.0. The maximum atomic E-state index is 11.0. The van der Waals surface area contributed by atoms with E-state index in [0.717, 1.165) is 6.54 Å². The lowest BCUT2D eigenvalue weighted by atomic mass is 10.2. The predicted octanol–water partition coefficient (Wildman–Crippen LogP) is 1.63. The summed E-state index contributed by atoms with van der Waals surface area (Å²) in [6.45, 7) is 7.28. The molecule has 1 amide bonds. The van der Waals surface area contributed by atoms with E-state index >= 15 is 0 Å². The second-order valence-corrected chi connectivity index (χ2v) is 5.23. The van der Waals surface area contributed by atoms with Crippen LogP contribution in [-0.2, 0) is 4.79 Å². The van der Waals surface area contributed by atoms with Crippen LogP contribution in [-0.4, -0.2) is 36.8 Å². The number of carbonyl (C=O) groups is 1. The van der Waals surface area contributed by atoms with E-state index < -0.39 is 6.10 Å². The van der Waals surface area contributed by atoms with E-state index in [-0.39, 0.29) is 12.5 Å². The van der Waals surface area contributed by atoms with Crippen molar-refractivity contribution in [2.45, 2.75) is 26.9 Å². The number of aliphatic hydroxyl groups is 1. The lowest BCUT2D eigenvalue weighted by Gasteiger charge is -2.14. The fourth-order valence-electron chi connectivity index (χ4n) is 1.66. The van der Waals surface area contributed by atoms with Crippen LogP contribution in [0, 0.1) is 5.92 Å². The normalized spacial score (nSPS) is 12.2. The van der Waals surface area contributed by atoms with Crippen LogP contribution in [0.3, 0.4) is 0 Å². The van der Waals surface area contributed by atoms with E-state index in [9.17, 15) is 9.90 Å². The molecule has 0 bridgehead atoms. The molecule has 0 aliphatic rings. The second-order valence-electron chi connectivity index (χ2n) is 5.23. The molecule has 0 heterocycles. The molecule has 0 saturated heterocycles. The first kappa shape index (κ1) is 16.5. The number of anilines is 1. The van der Waals surface area contributed by atoms with Crippen LogP contribution >= 0.6 is 0 Å². The van der Waals surface area contributed by atoms with Crippen LogP contribution in [0.15, 0.2) is 24.3 Å². The number of nitrogens with one attached hydrogen (secondary N) is 2. The van der Waals surface area contributed by atoms with Gasteiger partial charge in [-0.2, -0.15) is 0 Å². The van der Waals surface area contributed by atoms with Gasteiger partial charge in [0.1, 0.15) is 18.5 Å². The van der Waals surface area contributed by atoms with Crippen LogP contribution in [0.5, 0.6) is 5.75 Å². The molecule has 0 radical (unpaired) electrons. The Morgan fingerprint density at radius 1 is 1.35 bits per heavy atom. The molecular weight excluding hydrogens is 256 g/mol. The Hall–Kier alpha value is -1.59. The lowest BCUT2D eigenvalue weighted by Crippen LogP contribution is -2.33. The molecule has 0 aromatic heterocycles. The zero-order valence-electron chi connectivity index (χ0n) is 12.3. The summed E-state index contributed by atoms with van der Waals surface area (Å²) >= 11 is 0. The highest BCUT2D eigenvalue weighted by Gasteiger charge is 2.06. The number of rotatable bonds is 8. The van der Waals surface area contributed by atoms with E-state index in [0.29, 0.717) is 23.9 Å². The van der Waals surface area contributed by atoms with Gasteiger partial charge < -0.3 is 20.5 Å². The van der Waals surface area contributed by atoms with E-state index in [1.54, 1.807) is 24.3 Å². The Morgan fingerprint density at radius 3 is 2.75 bits per heavy atom. The third kappa shape index (κ3) is 7.11. The number of hydrogen-bond acceptors (Lipinski definition) is 4. The fraction of sp³-hybridized carbons (Fsp3) is 0.533. The quantitative estimate of drug-likeness (QED) is 0.677. The Morgan fingerprint density at radius 2 is 2.10 bits per heavy atom. The van der Waals surface area contributed by atoms with Crippen molar-refractivity contribution in [2.75, 3.05) is 25.0 Å². The van der Waals surface area contributed by atoms with Gasteiger partial charge in [0.15, 0.2) is 0 Å². The number of carbonyl (C=O) groups excluding carboxylic acids is 1. The first-order valence-corrected chi connectivity index (χ1v) is 6.86. The van der Waals surface area contributed by atoms with Crippen molar-refractivity contribution in [3.05, 3.63) is 24.3 Å². The Bertz CT molecular complexity index is 421. The van der Waals surface area contributed by atoms with Gasteiger partial charge in [-0.1, -0.05) is 19.9 Å². The summed E-state index contributed by atoms with van der Waals surface area (Å²) in [6, 6.07) is 7.11. The maximum Gasteiger partial charge on any atom is 0.221 e. The van der Waals surface area contributed by atoms with Crippen LogP contribution < -0.4 is 15.4 Å². The standard InChI is InChI=1S/C15H24N2O3/c1-11(2)8-16-9-14(19)10-20-15-6-4-5-13(7-15)17-12(3)18/h4-7,11,14,16,19H,8-10H2,1-3H3,(H,17,18). The topological polar surface area (TPSA) is 70.6 Å². The van der Waals surface area contributed by atoms with Crippen molar-refractivity contribution in [3.8, 4) is 5.75 Å². The number of amides is 1. The molecule has 0 saturated carbocycles. The first-order chi connectivity index (χ1) is 9.47. The predicted molar refractivity (Wildman–Crippen MR) is 80.0 cm³/mol. The molecule has 1 unspecified atom stereocenters. The molecule has 1 aromatic carbocycles. The summed E-state index contributed by atoms with van der Waals surface area (Å²) in [5, 5.41) is 15.6. The molecule has 112 valence electrons. The number of ether oxygens (including phenoxy) is 1. The van der Waals surface area contributed by atoms with Crippen LogP contribution in [0.4, 0.5) is 5.69 Å². The summed E-state index contributed by atoms with van der Waals surface area (Å²) in [4.78, 5) is 11.0. The van der Waals surface area contributed by atoms with Gasteiger partial charge in [-0.3, -0.25) is 4.79 Å². The Labute approximate surface area is 120 Å². The van der Waals surface area contributed by atoms with Gasteiger partial charge in [0.25, 0.3) is 0 Å². The van der Waals surface area contributed by atoms with Gasteiger partial charge in [-0.05, 0) is 24.6 Å². The molecule has 0 fully saturated rings. The average Bonchev–Trinajstić information content (AvgIpc) is 2.35. The summed E-state index contributed by atoms with van der Waals surface area (Å²) in [6.07, 6.45) is -0.557. The summed E-state index contributed by atoms with van der Waals surface area (Å²) in [5.41, 5.74) is 0.683. The lowest BCUT2D eigenvalue weighted by molar-refractivity contribution is -0.114. The molecule has 5 nitrogen and oxygen atoms in total. The molecule has 3 N–H and O–H groups in total. The number of benzene rings is 1. The molecule has 5 heteroatoms. The van der Waals surface area contributed by atoms with Crippen molar-refractivity contribution >= 4 is 11.6 Å². The first-order valence-electron chi connectivity index (χ1n) is 6.86. The van der Waals surface area contributed by atoms with E-state index in [1.165, 1.54) is 6.92 Å². The number of aliphatic hydroxyl groups excluding tert-OH is 1. The Balaban J connectivity index is 2.35. The van der Waals surface area contributed by atoms with Crippen molar-refractivity contribution in [3.63, 3.8) is 0 Å². The molecule has 1 atom stereocenters. The van der Waals surface area contributed by atoms with Crippen molar-refractivity contribution < 1.29 is 14.6 Å². The van der Waals surface area contributed by atoms with Gasteiger partial charge in [-0.25, -0.2) is 0 Å². The molecule has 0 aliphatic heterocycles. The van der Waals surface area contributed by atoms with Gasteiger partial charge >= 0.3 is 0 Å². The minimum atomic E-state index is -0.557. The van der Waals surface area contributed by atoms with Gasteiger partial charge in [-0.15, -0.1) is 0 Å². The summed E-state index contributed by atoms with van der Waals surface area (Å²) < 4.78 is 5.51. The molecule has 1 aromatic rings. The second kappa shape index (κ2) is 8.55. The molecule has 0 spiro atoms. The largest absolute Gasteiger partial charge is 0.491 e. The summed E-state index contributed by atoms with van der Waals surface area (Å²) in [5.74, 6) is 1.05. The van der Waals surface area contributed by atoms with Gasteiger partial charge in [0.05, 0.1) is 0 Å². The zero-order chi connectivity index (χ0) is 15.0. The third-order valence-corrected chi connectivity index (χ3v) is 2.53. The highest BCUT2D eigenvalue weighted by molar-refractivity contribution is 5.88. The van der Waals surface area contributed by atoms with E-state index in [2.05, 4.69) is 24.5 Å². The highest BCUT2D eigenvalue weighted by Crippen LogP contribution is 2.17. The van der Waals surface area contributed by atoms with Crippen LogP contribution in [0.1, 0.15) is 20.8 Å². The van der Waals surface area contributed by atoms with Crippen LogP contribution in [0.25, 0.3) is 0 Å². The SMILES string of the molecule is CC(=O)Nc1cccc(OCC(O)CNCC(C)C)c1. The minimum Gasteiger partial charge on any atom is -0.491 e. The summed E-state index contributed by atoms with van der Waals surface area (Å²) in [7, 11) is 0. The third-order valence-electron chi connectivity index (χ3n) is 2.53. The molecule has 0 aliphatic carbocycles. The minimum absolute atomic E-state index is 0.125. The van der Waals surface area contributed by atoms with E-state index in [1.807, 2.05) is 0 Å². The molecule has 20 heavy (non-hydrogen) atoms. The van der Waals surface area contributed by atoms with Crippen molar-refractivity contribution in [2.24, 2.45) is 5.92 Å². The van der Waals surface area contributed by atoms with Crippen LogP contribution in [0.2, 0.25) is 0 Å². The van der Waals surface area contributed by atoms with Crippen molar-refractivity contribution in [1.82, 2.24) is 5.32 Å². The van der Waals surface area contributed by atoms with E-state index in [4.69, 9.17) is 4.74 Å². The molecular formula is C15H24N2O3. The Kier molecular flexibility index (Phi) is 7.04. The highest BCUT2D eigenvalue weighted by atomic mass is 16.5. The van der Waals surface area contributed by atoms with Gasteiger partial charge in [0.2, 0.25) is 5.91 Å². The van der Waals surface area contributed by atoms with Crippen molar-refractivity contribution in [1.29, 1.82) is 0 Å². The van der Waals surface area contributed by atoms with Gasteiger partial charge in [0, 0.05) is 25.2 Å². The fourth-order valence-corrected chi connectivity index (χ4v) is 1.66. The average molecular weight is 280 g/mol. The smallest absolute Gasteiger partial charge is 0.221 e. The monoisotopic (exact) mass is 280 g/mol. The molecule has 1 rings (SSSR count). The zero-order valence-corrected chi connectivity index (χ0v) is 12.3. The number of hydrogen-bond donors (Lipinski definition) is 3.